The zero-order valence-electron chi connectivity index (χ0n) is 12.5. The minimum atomic E-state index is -1.95. The SMILES string of the molecule is COc1ccc(CO)c(Br)c1O[Si](C)(C)C(C)(C)C. The molecule has 1 aromatic carbocycles. The Morgan fingerprint density at radius 1 is 1.26 bits per heavy atom. The highest BCUT2D eigenvalue weighted by Gasteiger charge is 2.40. The van der Waals surface area contributed by atoms with Gasteiger partial charge in [0.05, 0.1) is 18.2 Å². The van der Waals surface area contributed by atoms with Crippen molar-refractivity contribution in [1.29, 1.82) is 0 Å². The van der Waals surface area contributed by atoms with Gasteiger partial charge in [-0.2, -0.15) is 0 Å². The van der Waals surface area contributed by atoms with Crippen molar-refractivity contribution in [1.82, 2.24) is 0 Å². The summed E-state index contributed by atoms with van der Waals surface area (Å²) in [7, 11) is -0.328. The summed E-state index contributed by atoms with van der Waals surface area (Å²) < 4.78 is 12.5. The zero-order chi connectivity index (χ0) is 14.8. The van der Waals surface area contributed by atoms with Crippen LogP contribution in [0.4, 0.5) is 0 Å². The van der Waals surface area contributed by atoms with Crippen molar-refractivity contribution < 1.29 is 14.3 Å². The number of hydrogen-bond acceptors (Lipinski definition) is 3. The van der Waals surface area contributed by atoms with Crippen LogP contribution in [0, 0.1) is 0 Å². The van der Waals surface area contributed by atoms with E-state index in [1.165, 1.54) is 0 Å². The third kappa shape index (κ3) is 3.52. The molecule has 0 radical (unpaired) electrons. The average molecular weight is 347 g/mol. The number of benzene rings is 1. The van der Waals surface area contributed by atoms with Gasteiger partial charge in [-0.05, 0) is 45.7 Å². The lowest BCUT2D eigenvalue weighted by molar-refractivity contribution is 0.280. The van der Waals surface area contributed by atoms with Crippen molar-refractivity contribution in [3.8, 4) is 11.5 Å². The first kappa shape index (κ1) is 16.5. The number of hydrogen-bond donors (Lipinski definition) is 1. The fraction of sp³-hybridized carbons (Fsp3) is 0.571. The molecule has 3 nitrogen and oxygen atoms in total. The van der Waals surface area contributed by atoms with Crippen molar-refractivity contribution in [2.75, 3.05) is 7.11 Å². The first-order chi connectivity index (χ1) is 8.64. The molecule has 1 rings (SSSR count). The van der Waals surface area contributed by atoms with Gasteiger partial charge in [-0.25, -0.2) is 0 Å². The molecule has 0 atom stereocenters. The Bertz CT molecular complexity index is 453. The number of aliphatic hydroxyl groups is 1. The third-order valence-corrected chi connectivity index (χ3v) is 8.89. The lowest BCUT2D eigenvalue weighted by Crippen LogP contribution is -2.44. The molecule has 0 fully saturated rings. The van der Waals surface area contributed by atoms with E-state index in [-0.39, 0.29) is 11.6 Å². The summed E-state index contributed by atoms with van der Waals surface area (Å²) >= 11 is 3.51. The summed E-state index contributed by atoms with van der Waals surface area (Å²) in [4.78, 5) is 0. The van der Waals surface area contributed by atoms with E-state index >= 15 is 0 Å². The van der Waals surface area contributed by atoms with E-state index in [4.69, 9.17) is 9.16 Å². The highest BCUT2D eigenvalue weighted by molar-refractivity contribution is 9.10. The van der Waals surface area contributed by atoms with Crippen LogP contribution in [0.5, 0.6) is 11.5 Å². The van der Waals surface area contributed by atoms with Crippen LogP contribution in [0.3, 0.4) is 0 Å². The summed E-state index contributed by atoms with van der Waals surface area (Å²) in [6.45, 7) is 10.9. The van der Waals surface area contributed by atoms with E-state index in [1.54, 1.807) is 7.11 Å². The molecule has 0 saturated carbocycles. The molecule has 0 spiro atoms. The van der Waals surface area contributed by atoms with Gasteiger partial charge in [0.15, 0.2) is 11.5 Å². The third-order valence-electron chi connectivity index (χ3n) is 3.69. The molecule has 19 heavy (non-hydrogen) atoms. The quantitative estimate of drug-likeness (QED) is 0.824. The lowest BCUT2D eigenvalue weighted by atomic mass is 10.2. The molecule has 1 aromatic rings. The largest absolute Gasteiger partial charge is 0.540 e. The van der Waals surface area contributed by atoms with Gasteiger partial charge in [0.1, 0.15) is 0 Å². The van der Waals surface area contributed by atoms with Crippen LogP contribution < -0.4 is 9.16 Å². The van der Waals surface area contributed by atoms with Gasteiger partial charge in [0, 0.05) is 0 Å². The second-order valence-corrected chi connectivity index (χ2v) is 11.6. The van der Waals surface area contributed by atoms with Crippen molar-refractivity contribution in [3.63, 3.8) is 0 Å². The highest BCUT2D eigenvalue weighted by atomic mass is 79.9. The Morgan fingerprint density at radius 2 is 1.84 bits per heavy atom. The van der Waals surface area contributed by atoms with Gasteiger partial charge in [-0.3, -0.25) is 0 Å². The van der Waals surface area contributed by atoms with Gasteiger partial charge in [-0.1, -0.05) is 26.8 Å². The Morgan fingerprint density at radius 3 is 2.26 bits per heavy atom. The summed E-state index contributed by atoms with van der Waals surface area (Å²) in [6.07, 6.45) is 0. The van der Waals surface area contributed by atoms with E-state index in [0.29, 0.717) is 11.5 Å². The molecule has 0 amide bonds. The molecular formula is C14H23BrO3Si. The molecule has 0 bridgehead atoms. The smallest absolute Gasteiger partial charge is 0.250 e. The molecule has 1 N–H and O–H groups in total. The van der Waals surface area contributed by atoms with Crippen LogP contribution >= 0.6 is 15.9 Å². The summed E-state index contributed by atoms with van der Waals surface area (Å²) in [6, 6.07) is 3.67. The second kappa shape index (κ2) is 5.85. The van der Waals surface area contributed by atoms with E-state index in [2.05, 4.69) is 49.8 Å². The lowest BCUT2D eigenvalue weighted by Gasteiger charge is -2.37. The number of ether oxygens (including phenoxy) is 1. The van der Waals surface area contributed by atoms with Crippen LogP contribution in [0.1, 0.15) is 26.3 Å². The Kier molecular flexibility index (Phi) is 5.09. The highest BCUT2D eigenvalue weighted by Crippen LogP contribution is 2.44. The first-order valence-electron chi connectivity index (χ1n) is 6.29. The Balaban J connectivity index is 3.26. The van der Waals surface area contributed by atoms with Gasteiger partial charge in [-0.15, -0.1) is 0 Å². The molecule has 108 valence electrons. The molecule has 0 unspecified atom stereocenters. The van der Waals surface area contributed by atoms with Crippen LogP contribution in [-0.4, -0.2) is 20.5 Å². The van der Waals surface area contributed by atoms with Crippen molar-refractivity contribution in [2.45, 2.75) is 45.5 Å². The summed E-state index contributed by atoms with van der Waals surface area (Å²) in [5.41, 5.74) is 0.800. The molecule has 0 aromatic heterocycles. The maximum atomic E-state index is 9.35. The molecule has 0 aliphatic rings. The summed E-state index contributed by atoms with van der Waals surface area (Å²) in [5.74, 6) is 1.38. The zero-order valence-corrected chi connectivity index (χ0v) is 15.1. The summed E-state index contributed by atoms with van der Waals surface area (Å²) in [5, 5.41) is 9.45. The number of methoxy groups -OCH3 is 1. The fourth-order valence-corrected chi connectivity index (χ4v) is 3.07. The normalized spacial score (nSPS) is 12.4. The van der Waals surface area contributed by atoms with Gasteiger partial charge >= 0.3 is 0 Å². The van der Waals surface area contributed by atoms with Crippen molar-refractivity contribution in [2.24, 2.45) is 0 Å². The molecular weight excluding hydrogens is 324 g/mol. The minimum Gasteiger partial charge on any atom is -0.540 e. The van der Waals surface area contributed by atoms with Crippen LogP contribution in [0.25, 0.3) is 0 Å². The second-order valence-electron chi connectivity index (χ2n) is 6.09. The van der Waals surface area contributed by atoms with Gasteiger partial charge < -0.3 is 14.3 Å². The number of halogens is 1. The Labute approximate surface area is 125 Å². The van der Waals surface area contributed by atoms with E-state index in [0.717, 1.165) is 10.0 Å². The van der Waals surface area contributed by atoms with Crippen molar-refractivity contribution >= 4 is 24.2 Å². The topological polar surface area (TPSA) is 38.7 Å². The first-order valence-corrected chi connectivity index (χ1v) is 9.99. The maximum Gasteiger partial charge on any atom is 0.250 e. The minimum absolute atomic E-state index is 0.0293. The Hall–Kier alpha value is -0.523. The van der Waals surface area contributed by atoms with Crippen LogP contribution in [-0.2, 0) is 6.61 Å². The predicted octanol–water partition coefficient (Wildman–Crippen LogP) is 4.33. The molecule has 5 heteroatoms. The molecule has 0 saturated heterocycles. The van der Waals surface area contributed by atoms with Gasteiger partial charge in [0.25, 0.3) is 8.32 Å². The maximum absolute atomic E-state index is 9.35. The van der Waals surface area contributed by atoms with E-state index in [9.17, 15) is 5.11 Å². The fourth-order valence-electron chi connectivity index (χ4n) is 1.37. The average Bonchev–Trinajstić information content (AvgIpc) is 2.30. The van der Waals surface area contributed by atoms with E-state index < -0.39 is 8.32 Å². The van der Waals surface area contributed by atoms with Crippen LogP contribution in [0.15, 0.2) is 16.6 Å². The van der Waals surface area contributed by atoms with Crippen LogP contribution in [0.2, 0.25) is 18.1 Å². The van der Waals surface area contributed by atoms with E-state index in [1.807, 2.05) is 12.1 Å². The monoisotopic (exact) mass is 346 g/mol. The number of aliphatic hydroxyl groups excluding tert-OH is 1. The van der Waals surface area contributed by atoms with Crippen molar-refractivity contribution in [3.05, 3.63) is 22.2 Å². The molecule has 0 heterocycles. The van der Waals surface area contributed by atoms with Gasteiger partial charge in [0.2, 0.25) is 0 Å². The predicted molar refractivity (Wildman–Crippen MR) is 84.4 cm³/mol. The molecule has 0 aliphatic heterocycles. The number of rotatable bonds is 4. The standard InChI is InChI=1S/C14H23BrO3Si/c1-14(2,3)19(5,6)18-13-11(17-4)8-7-10(9-16)12(13)15/h7-8,16H,9H2,1-6H3. The molecule has 0 aliphatic carbocycles.